The van der Waals surface area contributed by atoms with Gasteiger partial charge in [-0.05, 0) is 31.1 Å². The second kappa shape index (κ2) is 3.95. The van der Waals surface area contributed by atoms with Crippen molar-refractivity contribution in [2.45, 2.75) is 45.6 Å². The molecular weight excluding hydrogens is 164 g/mol. The predicted molar refractivity (Wildman–Crippen MR) is 52.3 cm³/mol. The third-order valence-corrected chi connectivity index (χ3v) is 2.61. The Labute approximate surface area is 80.0 Å². The highest BCUT2D eigenvalue weighted by molar-refractivity contribution is 5.81. The summed E-state index contributed by atoms with van der Waals surface area (Å²) in [7, 11) is 0. The second-order valence-corrected chi connectivity index (χ2v) is 4.52. The van der Waals surface area contributed by atoms with Crippen LogP contribution in [0, 0.1) is 5.41 Å². The van der Waals surface area contributed by atoms with Gasteiger partial charge in [-0.15, -0.1) is 0 Å². The van der Waals surface area contributed by atoms with Gasteiger partial charge in [-0.2, -0.15) is 0 Å². The van der Waals surface area contributed by atoms with E-state index in [-0.39, 0.29) is 12.1 Å². The molecule has 0 aromatic rings. The molecule has 0 aliphatic heterocycles. The van der Waals surface area contributed by atoms with Crippen molar-refractivity contribution < 1.29 is 9.53 Å². The molecule has 0 N–H and O–H groups in total. The normalized spacial score (nSPS) is 26.5. The summed E-state index contributed by atoms with van der Waals surface area (Å²) in [6.07, 6.45) is 5.71. The molecule has 1 aliphatic rings. The van der Waals surface area contributed by atoms with Gasteiger partial charge in [-0.1, -0.05) is 20.4 Å². The van der Waals surface area contributed by atoms with E-state index in [1.54, 1.807) is 0 Å². The van der Waals surface area contributed by atoms with Crippen molar-refractivity contribution >= 4 is 5.97 Å². The van der Waals surface area contributed by atoms with Crippen LogP contribution < -0.4 is 0 Å². The first-order valence-corrected chi connectivity index (χ1v) is 4.86. The Morgan fingerprint density at radius 3 is 2.85 bits per heavy atom. The van der Waals surface area contributed by atoms with Gasteiger partial charge < -0.3 is 4.74 Å². The van der Waals surface area contributed by atoms with E-state index in [1.807, 2.05) is 0 Å². The van der Waals surface area contributed by atoms with Crippen LogP contribution in [0.1, 0.15) is 39.5 Å². The lowest BCUT2D eigenvalue weighted by Crippen LogP contribution is -2.29. The zero-order valence-corrected chi connectivity index (χ0v) is 8.51. The third kappa shape index (κ3) is 3.21. The molecule has 1 fully saturated rings. The zero-order valence-electron chi connectivity index (χ0n) is 8.51. The molecule has 0 radical (unpaired) electrons. The van der Waals surface area contributed by atoms with E-state index in [9.17, 15) is 4.79 Å². The molecule has 1 unspecified atom stereocenters. The molecule has 2 heteroatoms. The minimum Gasteiger partial charge on any atom is -0.459 e. The van der Waals surface area contributed by atoms with E-state index < -0.39 is 0 Å². The van der Waals surface area contributed by atoms with E-state index >= 15 is 0 Å². The Balaban J connectivity index is 2.43. The van der Waals surface area contributed by atoms with Crippen LogP contribution in [-0.4, -0.2) is 12.1 Å². The molecule has 0 spiro atoms. The van der Waals surface area contributed by atoms with Gasteiger partial charge in [0.2, 0.25) is 0 Å². The minimum absolute atomic E-state index is 0.106. The maximum absolute atomic E-state index is 11.0. The fraction of sp³-hybridized carbons (Fsp3) is 0.727. The van der Waals surface area contributed by atoms with Crippen molar-refractivity contribution in [2.24, 2.45) is 5.41 Å². The summed E-state index contributed by atoms with van der Waals surface area (Å²) in [5, 5.41) is 0. The number of esters is 1. The second-order valence-electron chi connectivity index (χ2n) is 4.52. The van der Waals surface area contributed by atoms with Crippen LogP contribution in [0.4, 0.5) is 0 Å². The van der Waals surface area contributed by atoms with Crippen molar-refractivity contribution in [3.63, 3.8) is 0 Å². The molecule has 74 valence electrons. The van der Waals surface area contributed by atoms with Crippen molar-refractivity contribution in [1.29, 1.82) is 0 Å². The fourth-order valence-corrected chi connectivity index (χ4v) is 1.94. The van der Waals surface area contributed by atoms with E-state index in [1.165, 1.54) is 12.5 Å². The first-order chi connectivity index (χ1) is 6.03. The smallest absolute Gasteiger partial charge is 0.330 e. The van der Waals surface area contributed by atoms with Gasteiger partial charge in [0.1, 0.15) is 6.10 Å². The SMILES string of the molecule is C=CC(=O)OC1CCCC(C)(C)C1. The predicted octanol–water partition coefficient (Wildman–Crippen LogP) is 2.68. The molecule has 1 aliphatic carbocycles. The van der Waals surface area contributed by atoms with Crippen LogP contribution in [0.2, 0.25) is 0 Å². The monoisotopic (exact) mass is 182 g/mol. The Morgan fingerprint density at radius 1 is 1.62 bits per heavy atom. The van der Waals surface area contributed by atoms with Gasteiger partial charge in [-0.3, -0.25) is 0 Å². The Bertz CT molecular complexity index is 206. The van der Waals surface area contributed by atoms with Gasteiger partial charge in [-0.25, -0.2) is 4.79 Å². The van der Waals surface area contributed by atoms with Crippen LogP contribution >= 0.6 is 0 Å². The summed E-state index contributed by atoms with van der Waals surface area (Å²) in [6, 6.07) is 0. The Hall–Kier alpha value is -0.790. The lowest BCUT2D eigenvalue weighted by atomic mass is 9.76. The minimum atomic E-state index is -0.289. The van der Waals surface area contributed by atoms with Crippen molar-refractivity contribution in [2.75, 3.05) is 0 Å². The van der Waals surface area contributed by atoms with E-state index in [0.717, 1.165) is 19.3 Å². The standard InChI is InChI=1S/C11H18O2/c1-4-10(12)13-9-6-5-7-11(2,3)8-9/h4,9H,1,5-8H2,2-3H3. The maximum atomic E-state index is 11.0. The lowest BCUT2D eigenvalue weighted by molar-refractivity contribution is -0.146. The first-order valence-electron chi connectivity index (χ1n) is 4.86. The summed E-state index contributed by atoms with van der Waals surface area (Å²) in [6.45, 7) is 7.83. The van der Waals surface area contributed by atoms with Crippen molar-refractivity contribution in [3.8, 4) is 0 Å². The fourth-order valence-electron chi connectivity index (χ4n) is 1.94. The van der Waals surface area contributed by atoms with E-state index in [4.69, 9.17) is 4.74 Å². The number of ether oxygens (including phenoxy) is 1. The Morgan fingerprint density at radius 2 is 2.31 bits per heavy atom. The van der Waals surface area contributed by atoms with E-state index in [0.29, 0.717) is 5.41 Å². The van der Waals surface area contributed by atoms with Crippen LogP contribution in [-0.2, 0) is 9.53 Å². The third-order valence-electron chi connectivity index (χ3n) is 2.61. The molecule has 0 amide bonds. The average molecular weight is 182 g/mol. The highest BCUT2D eigenvalue weighted by Crippen LogP contribution is 2.36. The van der Waals surface area contributed by atoms with Crippen LogP contribution in [0.5, 0.6) is 0 Å². The van der Waals surface area contributed by atoms with E-state index in [2.05, 4.69) is 20.4 Å². The molecule has 1 rings (SSSR count). The molecule has 13 heavy (non-hydrogen) atoms. The highest BCUT2D eigenvalue weighted by atomic mass is 16.5. The zero-order chi connectivity index (χ0) is 9.90. The molecular formula is C11H18O2. The highest BCUT2D eigenvalue weighted by Gasteiger charge is 2.29. The van der Waals surface area contributed by atoms with Crippen molar-refractivity contribution in [3.05, 3.63) is 12.7 Å². The molecule has 0 heterocycles. The van der Waals surface area contributed by atoms with Gasteiger partial charge in [0, 0.05) is 6.08 Å². The summed E-state index contributed by atoms with van der Waals surface area (Å²) in [5.41, 5.74) is 0.324. The maximum Gasteiger partial charge on any atom is 0.330 e. The molecule has 1 atom stereocenters. The number of carbonyl (C=O) groups is 1. The van der Waals surface area contributed by atoms with Crippen LogP contribution in [0.3, 0.4) is 0 Å². The molecule has 0 aromatic heterocycles. The molecule has 2 nitrogen and oxygen atoms in total. The van der Waals surface area contributed by atoms with Gasteiger partial charge in [0.05, 0.1) is 0 Å². The largest absolute Gasteiger partial charge is 0.459 e. The quantitative estimate of drug-likeness (QED) is 0.485. The van der Waals surface area contributed by atoms with Crippen LogP contribution in [0.25, 0.3) is 0 Å². The van der Waals surface area contributed by atoms with Crippen molar-refractivity contribution in [1.82, 2.24) is 0 Å². The number of rotatable bonds is 2. The molecule has 0 bridgehead atoms. The van der Waals surface area contributed by atoms with Gasteiger partial charge in [0.15, 0.2) is 0 Å². The Kier molecular flexibility index (Phi) is 3.12. The number of hydrogen-bond acceptors (Lipinski definition) is 2. The lowest BCUT2D eigenvalue weighted by Gasteiger charge is -2.34. The number of carbonyl (C=O) groups excluding carboxylic acids is 1. The van der Waals surface area contributed by atoms with Gasteiger partial charge in [0.25, 0.3) is 0 Å². The molecule has 1 saturated carbocycles. The summed E-state index contributed by atoms with van der Waals surface area (Å²) < 4.78 is 5.22. The van der Waals surface area contributed by atoms with Crippen LogP contribution in [0.15, 0.2) is 12.7 Å². The molecule has 0 saturated heterocycles. The summed E-state index contributed by atoms with van der Waals surface area (Å²) in [5.74, 6) is -0.289. The summed E-state index contributed by atoms with van der Waals surface area (Å²) >= 11 is 0. The molecule has 0 aromatic carbocycles. The summed E-state index contributed by atoms with van der Waals surface area (Å²) in [4.78, 5) is 11.0. The average Bonchev–Trinajstić information content (AvgIpc) is 2.02. The topological polar surface area (TPSA) is 26.3 Å². The number of hydrogen-bond donors (Lipinski definition) is 0. The first kappa shape index (κ1) is 10.3. The van der Waals surface area contributed by atoms with Gasteiger partial charge >= 0.3 is 5.97 Å².